The number of hydrogen-bond acceptors (Lipinski definition) is 4. The predicted octanol–water partition coefficient (Wildman–Crippen LogP) is 3.46. The Balaban J connectivity index is 2.13. The Morgan fingerprint density at radius 2 is 1.67 bits per heavy atom. The van der Waals surface area contributed by atoms with Crippen molar-refractivity contribution in [3.05, 3.63) is 64.7 Å². The van der Waals surface area contributed by atoms with Crippen LogP contribution < -0.4 is 10.1 Å². The van der Waals surface area contributed by atoms with Crippen molar-refractivity contribution in [2.75, 3.05) is 27.4 Å². The van der Waals surface area contributed by atoms with Crippen molar-refractivity contribution in [1.29, 1.82) is 0 Å². The van der Waals surface area contributed by atoms with Crippen LogP contribution in [0.25, 0.3) is 0 Å². The monoisotopic (exact) mass is 432 g/mol. The fourth-order valence-electron chi connectivity index (χ4n) is 2.96. The Morgan fingerprint density at radius 1 is 1.03 bits per heavy atom. The van der Waals surface area contributed by atoms with Gasteiger partial charge in [-0.1, -0.05) is 35.9 Å². The number of ether oxygens (including phenoxy) is 2. The molecule has 0 saturated carbocycles. The molecule has 2 rings (SSSR count). The molecular weight excluding hydrogens is 404 g/mol. The lowest BCUT2D eigenvalue weighted by atomic mass is 10.1. The van der Waals surface area contributed by atoms with E-state index in [0.29, 0.717) is 31.1 Å². The maximum atomic E-state index is 13.1. The Bertz CT molecular complexity index is 809. The van der Waals surface area contributed by atoms with Crippen LogP contribution in [0.15, 0.2) is 48.5 Å². The van der Waals surface area contributed by atoms with Crippen LogP contribution in [-0.2, 0) is 27.3 Å². The van der Waals surface area contributed by atoms with E-state index in [-0.39, 0.29) is 18.2 Å². The zero-order chi connectivity index (χ0) is 21.9. The maximum absolute atomic E-state index is 13.1. The van der Waals surface area contributed by atoms with Gasteiger partial charge in [-0.3, -0.25) is 9.59 Å². The first-order valence-electron chi connectivity index (χ1n) is 9.88. The number of benzene rings is 2. The molecular formula is C23H29ClN2O4. The zero-order valence-electron chi connectivity index (χ0n) is 17.7. The van der Waals surface area contributed by atoms with Crippen molar-refractivity contribution < 1.29 is 19.1 Å². The molecule has 1 N–H and O–H groups in total. The first kappa shape index (κ1) is 23.7. The summed E-state index contributed by atoms with van der Waals surface area (Å²) in [6.45, 7) is 3.14. The van der Waals surface area contributed by atoms with E-state index in [1.807, 2.05) is 36.4 Å². The van der Waals surface area contributed by atoms with Gasteiger partial charge in [0.2, 0.25) is 11.8 Å². The fraction of sp³-hybridized carbons (Fsp3) is 0.391. The lowest BCUT2D eigenvalue weighted by Gasteiger charge is -2.29. The molecule has 0 radical (unpaired) electrons. The SMILES string of the molecule is COCCCNC(=O)[C@@H](C)N(Cc1ccc(OC)cc1)C(=O)Cc1ccc(Cl)cc1. The van der Waals surface area contributed by atoms with Gasteiger partial charge in [0.15, 0.2) is 0 Å². The molecule has 0 aliphatic heterocycles. The van der Waals surface area contributed by atoms with E-state index in [1.165, 1.54) is 0 Å². The van der Waals surface area contributed by atoms with Gasteiger partial charge in [-0.25, -0.2) is 0 Å². The zero-order valence-corrected chi connectivity index (χ0v) is 18.4. The number of carbonyl (C=O) groups excluding carboxylic acids is 2. The van der Waals surface area contributed by atoms with Gasteiger partial charge in [-0.2, -0.15) is 0 Å². The lowest BCUT2D eigenvalue weighted by molar-refractivity contribution is -0.140. The molecule has 2 amide bonds. The summed E-state index contributed by atoms with van der Waals surface area (Å²) in [7, 11) is 3.23. The molecule has 0 aliphatic carbocycles. The van der Waals surface area contributed by atoms with Crippen LogP contribution in [0.5, 0.6) is 5.75 Å². The summed E-state index contributed by atoms with van der Waals surface area (Å²) in [6.07, 6.45) is 0.904. The number of methoxy groups -OCH3 is 2. The van der Waals surface area contributed by atoms with E-state index < -0.39 is 6.04 Å². The van der Waals surface area contributed by atoms with Crippen LogP contribution in [0.1, 0.15) is 24.5 Å². The Hall–Kier alpha value is -2.57. The van der Waals surface area contributed by atoms with Crippen LogP contribution in [0, 0.1) is 0 Å². The van der Waals surface area contributed by atoms with Gasteiger partial charge < -0.3 is 19.7 Å². The van der Waals surface area contributed by atoms with Gasteiger partial charge in [-0.15, -0.1) is 0 Å². The first-order valence-corrected chi connectivity index (χ1v) is 10.3. The molecule has 30 heavy (non-hydrogen) atoms. The molecule has 0 aromatic heterocycles. The number of hydrogen-bond donors (Lipinski definition) is 1. The third-order valence-corrected chi connectivity index (χ3v) is 5.02. The Kier molecular flexibility index (Phi) is 9.64. The number of rotatable bonds is 11. The standard InChI is InChI=1S/C23H29ClN2O4/c1-17(23(28)25-13-4-14-29-2)26(16-19-7-11-21(30-3)12-8-19)22(27)15-18-5-9-20(24)10-6-18/h5-12,17H,4,13-16H2,1-3H3,(H,25,28)/t17-/m1/s1. The average molecular weight is 433 g/mol. The van der Waals surface area contributed by atoms with Crippen LogP contribution in [0.2, 0.25) is 5.02 Å². The van der Waals surface area contributed by atoms with Gasteiger partial charge in [0.05, 0.1) is 13.5 Å². The van der Waals surface area contributed by atoms with Crippen molar-refractivity contribution in [2.45, 2.75) is 32.4 Å². The number of nitrogens with one attached hydrogen (secondary N) is 1. The third-order valence-electron chi connectivity index (χ3n) is 4.77. The molecule has 0 saturated heterocycles. The van der Waals surface area contributed by atoms with Gasteiger partial charge >= 0.3 is 0 Å². The molecule has 1 atom stereocenters. The Labute approximate surface area is 183 Å². The van der Waals surface area contributed by atoms with E-state index in [0.717, 1.165) is 16.9 Å². The second-order valence-electron chi connectivity index (χ2n) is 6.99. The van der Waals surface area contributed by atoms with Gasteiger partial charge in [-0.05, 0) is 48.7 Å². The number of carbonyl (C=O) groups is 2. The highest BCUT2D eigenvalue weighted by Gasteiger charge is 2.26. The van der Waals surface area contributed by atoms with Crippen molar-refractivity contribution >= 4 is 23.4 Å². The fourth-order valence-corrected chi connectivity index (χ4v) is 3.09. The molecule has 2 aromatic rings. The molecule has 162 valence electrons. The smallest absolute Gasteiger partial charge is 0.242 e. The van der Waals surface area contributed by atoms with Crippen LogP contribution >= 0.6 is 11.6 Å². The minimum atomic E-state index is -0.616. The minimum Gasteiger partial charge on any atom is -0.497 e. The topological polar surface area (TPSA) is 67.9 Å². The van der Waals surface area contributed by atoms with Crippen LogP contribution in [0.4, 0.5) is 0 Å². The number of amides is 2. The summed E-state index contributed by atoms with van der Waals surface area (Å²) in [4.78, 5) is 27.4. The van der Waals surface area contributed by atoms with Gasteiger partial charge in [0, 0.05) is 31.8 Å². The Morgan fingerprint density at radius 3 is 2.27 bits per heavy atom. The van der Waals surface area contributed by atoms with Crippen molar-refractivity contribution in [1.82, 2.24) is 10.2 Å². The van der Waals surface area contributed by atoms with Crippen molar-refractivity contribution in [2.24, 2.45) is 0 Å². The van der Waals surface area contributed by atoms with E-state index in [4.69, 9.17) is 21.1 Å². The van der Waals surface area contributed by atoms with E-state index >= 15 is 0 Å². The first-order chi connectivity index (χ1) is 14.4. The summed E-state index contributed by atoms with van der Waals surface area (Å²) < 4.78 is 10.2. The lowest BCUT2D eigenvalue weighted by Crippen LogP contribution is -2.48. The number of nitrogens with zero attached hydrogens (tertiary/aromatic N) is 1. The highest BCUT2D eigenvalue weighted by Crippen LogP contribution is 2.17. The summed E-state index contributed by atoms with van der Waals surface area (Å²) >= 11 is 5.94. The van der Waals surface area contributed by atoms with Crippen LogP contribution in [-0.4, -0.2) is 50.1 Å². The molecule has 0 fully saturated rings. The molecule has 0 aliphatic rings. The summed E-state index contributed by atoms with van der Waals surface area (Å²) in [6, 6.07) is 14.0. The summed E-state index contributed by atoms with van der Waals surface area (Å²) in [5.41, 5.74) is 1.76. The van der Waals surface area contributed by atoms with Gasteiger partial charge in [0.1, 0.15) is 11.8 Å². The second kappa shape index (κ2) is 12.2. The number of halogens is 1. The average Bonchev–Trinajstić information content (AvgIpc) is 2.76. The molecule has 0 spiro atoms. The van der Waals surface area contributed by atoms with E-state index in [2.05, 4.69) is 5.32 Å². The van der Waals surface area contributed by atoms with Crippen LogP contribution in [0.3, 0.4) is 0 Å². The molecule has 0 unspecified atom stereocenters. The van der Waals surface area contributed by atoms with E-state index in [9.17, 15) is 9.59 Å². The molecule has 6 nitrogen and oxygen atoms in total. The highest BCUT2D eigenvalue weighted by atomic mass is 35.5. The third kappa shape index (κ3) is 7.35. The van der Waals surface area contributed by atoms with Crippen molar-refractivity contribution in [3.63, 3.8) is 0 Å². The maximum Gasteiger partial charge on any atom is 0.242 e. The normalized spacial score (nSPS) is 11.6. The molecule has 0 heterocycles. The highest BCUT2D eigenvalue weighted by molar-refractivity contribution is 6.30. The molecule has 2 aromatic carbocycles. The minimum absolute atomic E-state index is 0.132. The van der Waals surface area contributed by atoms with Gasteiger partial charge in [0.25, 0.3) is 0 Å². The summed E-state index contributed by atoms with van der Waals surface area (Å²) in [5, 5.41) is 3.49. The summed E-state index contributed by atoms with van der Waals surface area (Å²) in [5.74, 6) is 0.415. The molecule has 0 bridgehead atoms. The largest absolute Gasteiger partial charge is 0.497 e. The second-order valence-corrected chi connectivity index (χ2v) is 7.42. The van der Waals surface area contributed by atoms with Crippen molar-refractivity contribution in [3.8, 4) is 5.75 Å². The predicted molar refractivity (Wildman–Crippen MR) is 118 cm³/mol. The quantitative estimate of drug-likeness (QED) is 0.552. The van der Waals surface area contributed by atoms with E-state index in [1.54, 1.807) is 38.2 Å². The molecule has 7 heteroatoms.